The monoisotopic (exact) mass is 335 g/mol. The molecule has 23 heavy (non-hydrogen) atoms. The molecule has 0 radical (unpaired) electrons. The number of aromatic nitrogens is 2. The Hall–Kier alpha value is -2.06. The summed E-state index contributed by atoms with van der Waals surface area (Å²) in [6.45, 7) is -0.223. The van der Waals surface area contributed by atoms with Crippen molar-refractivity contribution in [1.82, 2.24) is 20.6 Å². The van der Waals surface area contributed by atoms with Crippen LogP contribution >= 0.6 is 11.8 Å². The second-order valence-corrected chi connectivity index (χ2v) is 6.01. The molecule has 1 aromatic carbocycles. The molecule has 0 spiro atoms. The highest BCUT2D eigenvalue weighted by atomic mass is 32.2. The number of imidazole rings is 1. The maximum absolute atomic E-state index is 12.0. The molecule has 2 aromatic rings. The van der Waals surface area contributed by atoms with Gasteiger partial charge in [-0.25, -0.2) is 4.98 Å². The lowest BCUT2D eigenvalue weighted by Gasteiger charge is -2.16. The van der Waals surface area contributed by atoms with Gasteiger partial charge in [0.15, 0.2) is 0 Å². The molecule has 0 saturated carbocycles. The van der Waals surface area contributed by atoms with Crippen LogP contribution in [0.4, 0.5) is 0 Å². The highest BCUT2D eigenvalue weighted by Gasteiger charge is 2.18. The topological polar surface area (TPSA) is 113 Å². The Balaban J connectivity index is 2.06. The standard InChI is InChI=1S/C15H21N5O2S/c1-23-7-6-12(18-14(22)9-17-13(21)8-16)15-19-10-4-2-3-5-11(10)20-15/h2-5,12H,6-9,16H2,1H3,(H,17,21)(H,18,22)(H,19,20). The van der Waals surface area contributed by atoms with E-state index >= 15 is 0 Å². The molecule has 7 nitrogen and oxygen atoms in total. The maximum Gasteiger partial charge on any atom is 0.239 e. The van der Waals surface area contributed by atoms with Gasteiger partial charge < -0.3 is 21.4 Å². The van der Waals surface area contributed by atoms with Crippen molar-refractivity contribution in [2.75, 3.05) is 25.1 Å². The molecule has 0 aliphatic heterocycles. The number of thioether (sulfide) groups is 1. The summed E-state index contributed by atoms with van der Waals surface area (Å²) >= 11 is 1.70. The SMILES string of the molecule is CSCCC(NC(=O)CNC(=O)CN)c1nc2ccccc2[nH]1. The number of carbonyl (C=O) groups is 2. The number of para-hydroxylation sites is 2. The Bertz CT molecular complexity index is 640. The number of rotatable bonds is 8. The predicted molar refractivity (Wildman–Crippen MR) is 92.0 cm³/mol. The molecule has 2 rings (SSSR count). The second kappa shape index (κ2) is 8.54. The molecule has 8 heteroatoms. The van der Waals surface area contributed by atoms with Crippen LogP contribution in [0.15, 0.2) is 24.3 Å². The highest BCUT2D eigenvalue weighted by Crippen LogP contribution is 2.19. The molecule has 0 saturated heterocycles. The summed E-state index contributed by atoms with van der Waals surface area (Å²) < 4.78 is 0. The van der Waals surface area contributed by atoms with E-state index in [9.17, 15) is 9.59 Å². The number of aromatic amines is 1. The lowest BCUT2D eigenvalue weighted by Crippen LogP contribution is -2.41. The number of hydrogen-bond acceptors (Lipinski definition) is 5. The molecule has 0 fully saturated rings. The molecular weight excluding hydrogens is 314 g/mol. The summed E-state index contributed by atoms with van der Waals surface area (Å²) in [5, 5.41) is 5.37. The van der Waals surface area contributed by atoms with Crippen molar-refractivity contribution in [2.45, 2.75) is 12.5 Å². The lowest BCUT2D eigenvalue weighted by atomic mass is 10.2. The molecule has 1 atom stereocenters. The number of amides is 2. The zero-order chi connectivity index (χ0) is 16.7. The minimum absolute atomic E-state index is 0.0912. The minimum Gasteiger partial charge on any atom is -0.346 e. The summed E-state index contributed by atoms with van der Waals surface area (Å²) in [5.74, 6) is 0.985. The normalized spacial score (nSPS) is 12.1. The quantitative estimate of drug-likeness (QED) is 0.563. The fourth-order valence-electron chi connectivity index (χ4n) is 2.15. The fourth-order valence-corrected chi connectivity index (χ4v) is 2.62. The highest BCUT2D eigenvalue weighted by molar-refractivity contribution is 7.98. The first-order valence-electron chi connectivity index (χ1n) is 7.33. The summed E-state index contributed by atoms with van der Waals surface area (Å²) in [5.41, 5.74) is 6.99. The van der Waals surface area contributed by atoms with Crippen molar-refractivity contribution >= 4 is 34.6 Å². The number of H-pyrrole nitrogens is 1. The Kier molecular flexibility index (Phi) is 6.42. The first kappa shape index (κ1) is 17.3. The Morgan fingerprint density at radius 3 is 2.83 bits per heavy atom. The van der Waals surface area contributed by atoms with E-state index in [2.05, 4.69) is 20.6 Å². The van der Waals surface area contributed by atoms with E-state index in [1.165, 1.54) is 0 Å². The van der Waals surface area contributed by atoms with E-state index in [0.717, 1.165) is 29.0 Å². The number of benzene rings is 1. The molecule has 1 heterocycles. The average Bonchev–Trinajstić information content (AvgIpc) is 3.00. The van der Waals surface area contributed by atoms with Gasteiger partial charge in [0.25, 0.3) is 0 Å². The maximum atomic E-state index is 12.0. The van der Waals surface area contributed by atoms with Crippen molar-refractivity contribution in [3.05, 3.63) is 30.1 Å². The minimum atomic E-state index is -0.357. The lowest BCUT2D eigenvalue weighted by molar-refractivity contribution is -0.125. The molecule has 0 aliphatic carbocycles. The van der Waals surface area contributed by atoms with E-state index < -0.39 is 0 Å². The first-order chi connectivity index (χ1) is 11.1. The van der Waals surface area contributed by atoms with Gasteiger partial charge in [-0.05, 0) is 30.6 Å². The summed E-state index contributed by atoms with van der Waals surface area (Å²) in [4.78, 5) is 30.9. The summed E-state index contributed by atoms with van der Waals surface area (Å²) in [6, 6.07) is 7.50. The molecule has 124 valence electrons. The van der Waals surface area contributed by atoms with Crippen molar-refractivity contribution < 1.29 is 9.59 Å². The van der Waals surface area contributed by atoms with Gasteiger partial charge in [0.1, 0.15) is 5.82 Å². The smallest absolute Gasteiger partial charge is 0.239 e. The van der Waals surface area contributed by atoms with Crippen molar-refractivity contribution in [3.63, 3.8) is 0 Å². The summed E-state index contributed by atoms with van der Waals surface area (Å²) in [7, 11) is 0. The first-order valence-corrected chi connectivity index (χ1v) is 8.73. The van der Waals surface area contributed by atoms with Crippen LogP contribution in [0.2, 0.25) is 0 Å². The molecule has 2 amide bonds. The van der Waals surface area contributed by atoms with Crippen molar-refractivity contribution in [1.29, 1.82) is 0 Å². The number of nitrogens with zero attached hydrogens (tertiary/aromatic N) is 1. The number of carbonyl (C=O) groups excluding carboxylic acids is 2. The largest absolute Gasteiger partial charge is 0.346 e. The molecule has 0 aliphatic rings. The third-order valence-corrected chi connectivity index (χ3v) is 3.96. The van der Waals surface area contributed by atoms with E-state index in [1.807, 2.05) is 30.5 Å². The average molecular weight is 335 g/mol. The van der Waals surface area contributed by atoms with E-state index in [0.29, 0.717) is 0 Å². The van der Waals surface area contributed by atoms with E-state index in [-0.39, 0.29) is 30.9 Å². The number of hydrogen-bond donors (Lipinski definition) is 4. The van der Waals surface area contributed by atoms with Gasteiger partial charge in [0, 0.05) is 0 Å². The van der Waals surface area contributed by atoms with Gasteiger partial charge in [-0.1, -0.05) is 12.1 Å². The van der Waals surface area contributed by atoms with Gasteiger partial charge in [-0.15, -0.1) is 0 Å². The van der Waals surface area contributed by atoms with Crippen LogP contribution in [-0.4, -0.2) is 46.9 Å². The van der Waals surface area contributed by atoms with Crippen molar-refractivity contribution in [3.8, 4) is 0 Å². The van der Waals surface area contributed by atoms with Crippen molar-refractivity contribution in [2.24, 2.45) is 5.73 Å². The van der Waals surface area contributed by atoms with Crippen LogP contribution in [0.25, 0.3) is 11.0 Å². The van der Waals surface area contributed by atoms with Gasteiger partial charge >= 0.3 is 0 Å². The van der Waals surface area contributed by atoms with Crippen LogP contribution in [0.1, 0.15) is 18.3 Å². The van der Waals surface area contributed by atoms with Gasteiger partial charge in [-0.3, -0.25) is 9.59 Å². The van der Waals surface area contributed by atoms with Gasteiger partial charge in [-0.2, -0.15) is 11.8 Å². The van der Waals surface area contributed by atoms with Crippen LogP contribution in [-0.2, 0) is 9.59 Å². The van der Waals surface area contributed by atoms with E-state index in [4.69, 9.17) is 5.73 Å². The third-order valence-electron chi connectivity index (χ3n) is 3.32. The number of nitrogens with two attached hydrogens (primary N) is 1. The zero-order valence-corrected chi connectivity index (χ0v) is 13.8. The Labute approximate surface area is 138 Å². The fraction of sp³-hybridized carbons (Fsp3) is 0.400. The predicted octanol–water partition coefficient (Wildman–Crippen LogP) is 0.548. The second-order valence-electron chi connectivity index (χ2n) is 5.02. The third kappa shape index (κ3) is 4.97. The molecular formula is C15H21N5O2S. The number of fused-ring (bicyclic) bond motifs is 1. The molecule has 0 bridgehead atoms. The molecule has 1 aromatic heterocycles. The van der Waals surface area contributed by atoms with Crippen LogP contribution < -0.4 is 16.4 Å². The van der Waals surface area contributed by atoms with Gasteiger partial charge in [0.05, 0.1) is 30.2 Å². The van der Waals surface area contributed by atoms with E-state index in [1.54, 1.807) is 11.8 Å². The molecule has 1 unspecified atom stereocenters. The number of nitrogens with one attached hydrogen (secondary N) is 3. The van der Waals surface area contributed by atoms with Crippen LogP contribution in [0.5, 0.6) is 0 Å². The van der Waals surface area contributed by atoms with Crippen LogP contribution in [0, 0.1) is 0 Å². The Morgan fingerprint density at radius 1 is 1.35 bits per heavy atom. The Morgan fingerprint density at radius 2 is 2.13 bits per heavy atom. The van der Waals surface area contributed by atoms with Crippen LogP contribution in [0.3, 0.4) is 0 Å². The zero-order valence-electron chi connectivity index (χ0n) is 13.0. The summed E-state index contributed by atoms with van der Waals surface area (Å²) in [6.07, 6.45) is 2.76. The molecule has 5 N–H and O–H groups in total. The van der Waals surface area contributed by atoms with Gasteiger partial charge in [0.2, 0.25) is 11.8 Å².